The number of hydrogen-bond acceptors (Lipinski definition) is 3. The fourth-order valence-electron chi connectivity index (χ4n) is 1.75. The van der Waals surface area contributed by atoms with E-state index in [4.69, 9.17) is 4.74 Å². The molecule has 1 heterocycles. The topological polar surface area (TPSA) is 34.1 Å². The Morgan fingerprint density at radius 1 is 1.17 bits per heavy atom. The van der Waals surface area contributed by atoms with Gasteiger partial charge < -0.3 is 10.1 Å². The molecule has 0 radical (unpaired) electrons. The molecule has 1 aromatic heterocycles. The average molecular weight is 250 g/mol. The summed E-state index contributed by atoms with van der Waals surface area (Å²) in [5, 5.41) is 3.34. The second-order valence-corrected chi connectivity index (χ2v) is 4.57. The smallest absolute Gasteiger partial charge is 0.122 e. The highest BCUT2D eigenvalue weighted by Gasteiger charge is 1.98. The minimum absolute atomic E-state index is 0.811. The summed E-state index contributed by atoms with van der Waals surface area (Å²) in [4.78, 5) is 4.33. The van der Waals surface area contributed by atoms with Crippen LogP contribution in [0.15, 0.2) is 18.3 Å². The fraction of sp³-hybridized carbons (Fsp3) is 0.667. The summed E-state index contributed by atoms with van der Waals surface area (Å²) < 4.78 is 5.73. The van der Waals surface area contributed by atoms with Gasteiger partial charge in [-0.05, 0) is 25.5 Å². The number of nitrogens with one attached hydrogen (secondary N) is 1. The molecule has 0 amide bonds. The van der Waals surface area contributed by atoms with Crippen LogP contribution in [-0.4, -0.2) is 18.1 Å². The monoisotopic (exact) mass is 250 g/mol. The molecule has 0 fully saturated rings. The minimum atomic E-state index is 0.811. The van der Waals surface area contributed by atoms with E-state index in [0.717, 1.165) is 44.0 Å². The molecule has 1 aromatic rings. The van der Waals surface area contributed by atoms with Crippen LogP contribution in [0, 0.1) is 0 Å². The van der Waals surface area contributed by atoms with Crippen LogP contribution in [0.3, 0.4) is 0 Å². The Balaban J connectivity index is 2.26. The van der Waals surface area contributed by atoms with E-state index in [-0.39, 0.29) is 0 Å². The minimum Gasteiger partial charge on any atom is -0.493 e. The third-order valence-electron chi connectivity index (χ3n) is 2.79. The summed E-state index contributed by atoms with van der Waals surface area (Å²) in [5.74, 6) is 0.940. The van der Waals surface area contributed by atoms with Gasteiger partial charge in [0.25, 0.3) is 0 Å². The first-order valence-corrected chi connectivity index (χ1v) is 7.15. The Morgan fingerprint density at radius 3 is 2.83 bits per heavy atom. The Labute approximate surface area is 111 Å². The third kappa shape index (κ3) is 6.60. The van der Waals surface area contributed by atoms with E-state index in [1.54, 1.807) is 0 Å². The largest absolute Gasteiger partial charge is 0.493 e. The molecule has 0 spiro atoms. The molecule has 0 aliphatic carbocycles. The van der Waals surface area contributed by atoms with Crippen molar-refractivity contribution in [3.63, 3.8) is 0 Å². The SMILES string of the molecule is CCCCCCOc1ccnc(CNCCC)c1. The van der Waals surface area contributed by atoms with E-state index in [1.165, 1.54) is 19.3 Å². The van der Waals surface area contributed by atoms with Crippen LogP contribution in [0.5, 0.6) is 5.75 Å². The zero-order valence-electron chi connectivity index (χ0n) is 11.7. The van der Waals surface area contributed by atoms with Gasteiger partial charge in [-0.3, -0.25) is 4.98 Å². The van der Waals surface area contributed by atoms with Gasteiger partial charge in [0.15, 0.2) is 0 Å². The first kappa shape index (κ1) is 15.0. The number of aromatic nitrogens is 1. The lowest BCUT2D eigenvalue weighted by Crippen LogP contribution is -2.14. The van der Waals surface area contributed by atoms with Crippen molar-refractivity contribution in [1.29, 1.82) is 0 Å². The van der Waals surface area contributed by atoms with Gasteiger partial charge in [0.1, 0.15) is 5.75 Å². The lowest BCUT2D eigenvalue weighted by molar-refractivity contribution is 0.304. The zero-order valence-corrected chi connectivity index (χ0v) is 11.7. The van der Waals surface area contributed by atoms with Crippen molar-refractivity contribution < 1.29 is 4.74 Å². The molecule has 0 saturated carbocycles. The van der Waals surface area contributed by atoms with Crippen molar-refractivity contribution in [2.24, 2.45) is 0 Å². The number of unbranched alkanes of at least 4 members (excludes halogenated alkanes) is 3. The Morgan fingerprint density at radius 2 is 2.06 bits per heavy atom. The summed E-state index contributed by atoms with van der Waals surface area (Å²) in [7, 11) is 0. The number of ether oxygens (including phenoxy) is 1. The maximum atomic E-state index is 5.73. The van der Waals surface area contributed by atoms with Gasteiger partial charge in [0.05, 0.1) is 12.3 Å². The van der Waals surface area contributed by atoms with E-state index >= 15 is 0 Å². The first-order chi connectivity index (χ1) is 8.86. The molecule has 0 atom stereocenters. The van der Waals surface area contributed by atoms with Crippen molar-refractivity contribution >= 4 is 0 Å². The highest BCUT2D eigenvalue weighted by Crippen LogP contribution is 2.12. The molecule has 3 nitrogen and oxygen atoms in total. The Hall–Kier alpha value is -1.09. The van der Waals surface area contributed by atoms with Crippen molar-refractivity contribution in [2.45, 2.75) is 52.5 Å². The van der Waals surface area contributed by atoms with Crippen molar-refractivity contribution in [3.05, 3.63) is 24.0 Å². The predicted molar refractivity (Wildman–Crippen MR) is 75.9 cm³/mol. The second-order valence-electron chi connectivity index (χ2n) is 4.57. The molecule has 0 aliphatic heterocycles. The van der Waals surface area contributed by atoms with Gasteiger partial charge in [-0.15, -0.1) is 0 Å². The molecule has 0 aliphatic rings. The molecule has 0 aromatic carbocycles. The second kappa shape index (κ2) is 9.89. The summed E-state index contributed by atoms with van der Waals surface area (Å²) in [6.07, 6.45) is 7.93. The number of nitrogens with zero attached hydrogens (tertiary/aromatic N) is 1. The Bertz CT molecular complexity index is 315. The fourth-order valence-corrected chi connectivity index (χ4v) is 1.75. The maximum Gasteiger partial charge on any atom is 0.122 e. The molecule has 3 heteroatoms. The van der Waals surface area contributed by atoms with Crippen LogP contribution >= 0.6 is 0 Å². The third-order valence-corrected chi connectivity index (χ3v) is 2.79. The first-order valence-electron chi connectivity index (χ1n) is 7.15. The quantitative estimate of drug-likeness (QED) is 0.645. The Kier molecular flexibility index (Phi) is 8.23. The van der Waals surface area contributed by atoms with Gasteiger partial charge in [0, 0.05) is 18.8 Å². The molecule has 0 saturated heterocycles. The van der Waals surface area contributed by atoms with Crippen LogP contribution in [0.4, 0.5) is 0 Å². The normalized spacial score (nSPS) is 10.6. The van der Waals surface area contributed by atoms with Crippen LogP contribution in [0.1, 0.15) is 51.6 Å². The van der Waals surface area contributed by atoms with Gasteiger partial charge in [-0.1, -0.05) is 33.1 Å². The molecule has 0 unspecified atom stereocenters. The van der Waals surface area contributed by atoms with Crippen LogP contribution in [0.25, 0.3) is 0 Å². The van der Waals surface area contributed by atoms with E-state index in [9.17, 15) is 0 Å². The van der Waals surface area contributed by atoms with Crippen LogP contribution in [-0.2, 0) is 6.54 Å². The molecule has 102 valence electrons. The van der Waals surface area contributed by atoms with Crippen LogP contribution in [0.2, 0.25) is 0 Å². The molecule has 1 rings (SSSR count). The van der Waals surface area contributed by atoms with Gasteiger partial charge in [-0.25, -0.2) is 0 Å². The maximum absolute atomic E-state index is 5.73. The lowest BCUT2D eigenvalue weighted by Gasteiger charge is -2.08. The molecule has 18 heavy (non-hydrogen) atoms. The number of hydrogen-bond donors (Lipinski definition) is 1. The lowest BCUT2D eigenvalue weighted by atomic mass is 10.2. The summed E-state index contributed by atoms with van der Waals surface area (Å²) >= 11 is 0. The summed E-state index contributed by atoms with van der Waals surface area (Å²) in [5.41, 5.74) is 1.05. The predicted octanol–water partition coefficient (Wildman–Crippen LogP) is 3.54. The van der Waals surface area contributed by atoms with E-state index in [0.29, 0.717) is 0 Å². The van der Waals surface area contributed by atoms with E-state index < -0.39 is 0 Å². The van der Waals surface area contributed by atoms with Crippen molar-refractivity contribution in [3.8, 4) is 5.75 Å². The standard InChI is InChI=1S/C15H26N2O/c1-3-5-6-7-11-18-15-8-10-17-14(12-15)13-16-9-4-2/h8,10,12,16H,3-7,9,11,13H2,1-2H3. The van der Waals surface area contributed by atoms with Gasteiger partial charge >= 0.3 is 0 Å². The number of rotatable bonds is 10. The summed E-state index contributed by atoms with van der Waals surface area (Å²) in [6, 6.07) is 3.96. The molecule has 1 N–H and O–H groups in total. The number of pyridine rings is 1. The molecular weight excluding hydrogens is 224 g/mol. The van der Waals surface area contributed by atoms with Crippen LogP contribution < -0.4 is 10.1 Å². The summed E-state index contributed by atoms with van der Waals surface area (Å²) in [6.45, 7) is 7.05. The van der Waals surface area contributed by atoms with Crippen molar-refractivity contribution in [1.82, 2.24) is 10.3 Å². The molecular formula is C15H26N2O. The van der Waals surface area contributed by atoms with E-state index in [1.807, 2.05) is 18.3 Å². The highest BCUT2D eigenvalue weighted by molar-refractivity contribution is 5.22. The average Bonchev–Trinajstić information content (AvgIpc) is 2.39. The van der Waals surface area contributed by atoms with Crippen molar-refractivity contribution in [2.75, 3.05) is 13.2 Å². The zero-order chi connectivity index (χ0) is 13.1. The van der Waals surface area contributed by atoms with Gasteiger partial charge in [-0.2, -0.15) is 0 Å². The highest BCUT2D eigenvalue weighted by atomic mass is 16.5. The molecule has 0 bridgehead atoms. The van der Waals surface area contributed by atoms with Gasteiger partial charge in [0.2, 0.25) is 0 Å². The van der Waals surface area contributed by atoms with E-state index in [2.05, 4.69) is 24.1 Å².